The molecule has 0 aliphatic carbocycles. The minimum absolute atomic E-state index is 0.00937. The molecule has 0 radical (unpaired) electrons. The first-order valence-corrected chi connectivity index (χ1v) is 9.15. The van der Waals surface area contributed by atoms with Gasteiger partial charge in [0.1, 0.15) is 11.3 Å². The second kappa shape index (κ2) is 11.4. The van der Waals surface area contributed by atoms with Crippen LogP contribution in [0.3, 0.4) is 0 Å². The molecule has 13 nitrogen and oxygen atoms in total. The summed E-state index contributed by atoms with van der Waals surface area (Å²) in [5.74, 6) is -2.84. The Labute approximate surface area is 176 Å². The highest BCUT2D eigenvalue weighted by Gasteiger charge is 2.42. The summed E-state index contributed by atoms with van der Waals surface area (Å²) in [6.07, 6.45) is 0.853. The molecule has 0 amide bonds. The fourth-order valence-corrected chi connectivity index (χ4v) is 2.65. The van der Waals surface area contributed by atoms with Crippen LogP contribution in [-0.2, 0) is 33.4 Å². The smallest absolute Gasteiger partial charge is 0.344 e. The molecule has 0 aromatic heterocycles. The molecule has 0 bridgehead atoms. The van der Waals surface area contributed by atoms with Crippen LogP contribution in [0, 0.1) is 4.91 Å². The molecule has 0 unspecified atom stereocenters. The van der Waals surface area contributed by atoms with Gasteiger partial charge in [0.25, 0.3) is 4.98 Å². The Bertz CT molecular complexity index is 844. The van der Waals surface area contributed by atoms with Gasteiger partial charge >= 0.3 is 23.9 Å². The largest absolute Gasteiger partial charge is 0.436 e. The fourth-order valence-electron chi connectivity index (χ4n) is 2.65. The first-order valence-electron chi connectivity index (χ1n) is 9.15. The summed E-state index contributed by atoms with van der Waals surface area (Å²) >= 11 is 0. The number of hydrazine groups is 2. The number of nitroso groups, excluding NO2 is 1. The minimum atomic E-state index is -0.936. The molecule has 168 valence electrons. The van der Waals surface area contributed by atoms with Gasteiger partial charge in [-0.15, -0.1) is 0 Å². The molecule has 0 saturated carbocycles. The second-order valence-corrected chi connectivity index (χ2v) is 6.19. The minimum Gasteiger partial charge on any atom is -0.436 e. The molecule has 13 heteroatoms. The van der Waals surface area contributed by atoms with Crippen LogP contribution in [-0.4, -0.2) is 60.0 Å². The number of ether oxygens (including phenoxy) is 4. The van der Waals surface area contributed by atoms with Crippen LogP contribution in [0.4, 0.5) is 0 Å². The summed E-state index contributed by atoms with van der Waals surface area (Å²) in [5, 5.41) is 1.11. The summed E-state index contributed by atoms with van der Waals surface area (Å²) in [5.41, 5.74) is 1.96. The Hall–Kier alpha value is -3.74. The summed E-state index contributed by atoms with van der Waals surface area (Å²) in [6, 6.07) is 4.99. The van der Waals surface area contributed by atoms with Gasteiger partial charge in [-0.25, -0.2) is 9.59 Å². The summed E-state index contributed by atoms with van der Waals surface area (Å²) in [4.78, 5) is 63.1. The van der Waals surface area contributed by atoms with Gasteiger partial charge in [-0.1, -0.05) is 17.1 Å². The number of nitrogens with one attached hydrogen (secondary N) is 1. The molecule has 1 aliphatic rings. The molecule has 2 rings (SSSR count). The summed E-state index contributed by atoms with van der Waals surface area (Å²) in [7, 11) is 0. The van der Waals surface area contributed by atoms with Crippen LogP contribution in [0.5, 0.6) is 5.75 Å². The molecule has 1 aliphatic heterocycles. The Balaban J connectivity index is 1.82. The monoisotopic (exact) mass is 440 g/mol. The van der Waals surface area contributed by atoms with E-state index in [2.05, 4.69) is 9.57 Å². The lowest BCUT2D eigenvalue weighted by molar-refractivity contribution is -0.791. The maximum Gasteiger partial charge on any atom is 0.344 e. The van der Waals surface area contributed by atoms with Gasteiger partial charge < -0.3 is 18.9 Å². The first kappa shape index (κ1) is 23.5. The molecule has 0 spiro atoms. The van der Waals surface area contributed by atoms with E-state index in [9.17, 15) is 24.1 Å². The number of carbonyl (C=O) groups is 4. The molecule has 1 fully saturated rings. The van der Waals surface area contributed by atoms with Gasteiger partial charge in [0.15, 0.2) is 6.04 Å². The SMILES string of the molecule is CC(=O)OCON[N+](=O)N1CCC[C@H]1C(=O)OCOC(=O)c1ccccc1OC(C)=O. The molecule has 1 N–H and O–H groups in total. The van der Waals surface area contributed by atoms with Gasteiger partial charge in [-0.3, -0.25) is 9.59 Å². The standard InChI is InChI=1S/C18H22N3O10/c1-12(22)27-11-30-19-21(26)20-9-5-7-15(20)18(25)29-10-28-17(24)14-6-3-4-8-16(14)31-13(2)23/h3-4,6,8,15H,5,7,9-11H2,1-2H3,(H,19,26)/q+1/t15-/m0/s1. The van der Waals surface area contributed by atoms with Gasteiger partial charge in [-0.05, 0) is 25.0 Å². The number of rotatable bonds is 10. The second-order valence-electron chi connectivity index (χ2n) is 6.19. The van der Waals surface area contributed by atoms with Crippen LogP contribution < -0.4 is 10.3 Å². The van der Waals surface area contributed by atoms with E-state index in [0.29, 0.717) is 12.8 Å². The highest BCUT2D eigenvalue weighted by molar-refractivity contribution is 5.93. The maximum atomic E-state index is 12.3. The van der Waals surface area contributed by atoms with Crippen molar-refractivity contribution >= 4 is 23.9 Å². The fraction of sp³-hybridized carbons (Fsp3) is 0.444. The van der Waals surface area contributed by atoms with E-state index in [1.165, 1.54) is 26.0 Å². The van der Waals surface area contributed by atoms with Crippen molar-refractivity contribution in [2.24, 2.45) is 0 Å². The van der Waals surface area contributed by atoms with Crippen molar-refractivity contribution in [2.75, 3.05) is 20.1 Å². The topological polar surface area (TPSA) is 150 Å². The van der Waals surface area contributed by atoms with E-state index in [0.717, 1.165) is 5.01 Å². The number of benzene rings is 1. The van der Waals surface area contributed by atoms with E-state index in [1.807, 2.05) is 5.59 Å². The highest BCUT2D eigenvalue weighted by atomic mass is 16.8. The van der Waals surface area contributed by atoms with E-state index < -0.39 is 43.5 Å². The zero-order valence-electron chi connectivity index (χ0n) is 16.9. The van der Waals surface area contributed by atoms with E-state index >= 15 is 0 Å². The van der Waals surface area contributed by atoms with E-state index in [1.54, 1.807) is 12.1 Å². The Morgan fingerprint density at radius 2 is 1.81 bits per heavy atom. The van der Waals surface area contributed by atoms with Crippen LogP contribution >= 0.6 is 0 Å². The summed E-state index contributed by atoms with van der Waals surface area (Å²) in [6.45, 7) is 1.40. The Morgan fingerprint density at radius 3 is 2.52 bits per heavy atom. The molecule has 31 heavy (non-hydrogen) atoms. The molecular formula is C18H22N3O10+. The number of hydrogen-bond donors (Lipinski definition) is 1. The summed E-state index contributed by atoms with van der Waals surface area (Å²) < 4.78 is 19.3. The van der Waals surface area contributed by atoms with E-state index in [-0.39, 0.29) is 22.8 Å². The van der Waals surface area contributed by atoms with Gasteiger partial charge in [0, 0.05) is 19.4 Å². The Kier molecular flexibility index (Phi) is 8.69. The third-order valence-electron chi connectivity index (χ3n) is 3.95. The Morgan fingerprint density at radius 1 is 1.06 bits per heavy atom. The molecule has 1 aromatic rings. The number of hydrogen-bond acceptors (Lipinski definition) is 10. The lowest BCUT2D eigenvalue weighted by Gasteiger charge is -2.15. The number of esters is 4. The van der Waals surface area contributed by atoms with Crippen molar-refractivity contribution in [3.63, 3.8) is 0 Å². The normalized spacial score (nSPS) is 15.0. The van der Waals surface area contributed by atoms with Crippen molar-refractivity contribution in [1.82, 2.24) is 10.6 Å². The third kappa shape index (κ3) is 7.22. The van der Waals surface area contributed by atoms with Gasteiger partial charge in [-0.2, -0.15) is 4.84 Å². The van der Waals surface area contributed by atoms with Gasteiger partial charge in [0.2, 0.25) is 13.6 Å². The van der Waals surface area contributed by atoms with Crippen molar-refractivity contribution in [3.8, 4) is 5.75 Å². The van der Waals surface area contributed by atoms with Crippen molar-refractivity contribution < 1.29 is 47.9 Å². The molecule has 1 atom stereocenters. The zero-order chi connectivity index (χ0) is 22.8. The first-order chi connectivity index (χ1) is 14.8. The lowest BCUT2D eigenvalue weighted by atomic mass is 10.2. The third-order valence-corrected chi connectivity index (χ3v) is 3.95. The zero-order valence-corrected chi connectivity index (χ0v) is 16.9. The lowest BCUT2D eigenvalue weighted by Crippen LogP contribution is -2.48. The molecule has 1 aromatic carbocycles. The van der Waals surface area contributed by atoms with Crippen molar-refractivity contribution in [1.29, 1.82) is 0 Å². The van der Waals surface area contributed by atoms with E-state index in [4.69, 9.17) is 14.2 Å². The van der Waals surface area contributed by atoms with Gasteiger partial charge in [0.05, 0.1) is 11.5 Å². The van der Waals surface area contributed by atoms with Crippen LogP contribution in [0.1, 0.15) is 37.0 Å². The average molecular weight is 440 g/mol. The molecule has 1 saturated heterocycles. The van der Waals surface area contributed by atoms with Crippen LogP contribution in [0.15, 0.2) is 24.3 Å². The number of carbonyl (C=O) groups excluding carboxylic acids is 4. The molecule has 1 heterocycles. The van der Waals surface area contributed by atoms with Crippen LogP contribution in [0.2, 0.25) is 0 Å². The predicted molar refractivity (Wildman–Crippen MR) is 98.3 cm³/mol. The van der Waals surface area contributed by atoms with Crippen molar-refractivity contribution in [2.45, 2.75) is 32.7 Å². The van der Waals surface area contributed by atoms with Crippen molar-refractivity contribution in [3.05, 3.63) is 34.7 Å². The predicted octanol–water partition coefficient (Wildman–Crippen LogP) is 0.385. The average Bonchev–Trinajstić information content (AvgIpc) is 3.21. The maximum absolute atomic E-state index is 12.3. The highest BCUT2D eigenvalue weighted by Crippen LogP contribution is 2.20. The quantitative estimate of drug-likeness (QED) is 0.134. The number of nitrogens with zero attached hydrogens (tertiary/aromatic N) is 2. The van der Waals surface area contributed by atoms with Crippen LogP contribution in [0.25, 0.3) is 0 Å². The number of para-hydroxylation sites is 1. The molecular weight excluding hydrogens is 418 g/mol.